The van der Waals surface area contributed by atoms with Crippen molar-refractivity contribution in [2.24, 2.45) is 0 Å². The van der Waals surface area contributed by atoms with E-state index in [-0.39, 0.29) is 11.5 Å². The normalized spacial score (nSPS) is 14.3. The summed E-state index contributed by atoms with van der Waals surface area (Å²) in [5.74, 6) is 0.385. The number of benzene rings is 1. The molecule has 4 rings (SSSR count). The summed E-state index contributed by atoms with van der Waals surface area (Å²) in [4.78, 5) is 28.9. The Balaban J connectivity index is 1.61. The number of carbonyl (C=O) groups is 1. The summed E-state index contributed by atoms with van der Waals surface area (Å²) in [5.41, 5.74) is 3.89. The molecule has 0 saturated heterocycles. The molecule has 6 nitrogen and oxygen atoms in total. The number of amides is 1. The molecule has 150 valence electrons. The average molecular weight is 392 g/mol. The summed E-state index contributed by atoms with van der Waals surface area (Å²) in [5, 5.41) is 3.71. The Labute approximate surface area is 168 Å². The lowest BCUT2D eigenvalue weighted by molar-refractivity contribution is -0.127. The lowest BCUT2D eigenvalue weighted by Gasteiger charge is -2.21. The van der Waals surface area contributed by atoms with Gasteiger partial charge in [-0.2, -0.15) is 0 Å². The van der Waals surface area contributed by atoms with Crippen molar-refractivity contribution in [2.45, 2.75) is 52.2 Å². The number of aromatic nitrogens is 1. The highest BCUT2D eigenvalue weighted by atomic mass is 16.5. The van der Waals surface area contributed by atoms with Crippen LogP contribution in [0.3, 0.4) is 0 Å². The van der Waals surface area contributed by atoms with Gasteiger partial charge < -0.3 is 14.5 Å². The van der Waals surface area contributed by atoms with Gasteiger partial charge in [0.05, 0.1) is 5.39 Å². The van der Waals surface area contributed by atoms with E-state index in [9.17, 15) is 9.59 Å². The standard InChI is InChI=1S/C23H24N2O4/c1-14-11-19(28-15(2)22(26)25-13-16-7-9-24-10-8-16)21-17-5-3-4-6-18(17)23(27)29-20(21)12-14/h7-12,15H,3-6,13H2,1-2H3,(H,25,26)/t15-/m0/s1. The zero-order chi connectivity index (χ0) is 20.4. The third-order valence-electron chi connectivity index (χ3n) is 5.32. The van der Waals surface area contributed by atoms with Crippen molar-refractivity contribution in [3.8, 4) is 5.75 Å². The molecular formula is C23H24N2O4. The second-order valence-electron chi connectivity index (χ2n) is 7.52. The van der Waals surface area contributed by atoms with Gasteiger partial charge >= 0.3 is 5.63 Å². The molecule has 29 heavy (non-hydrogen) atoms. The fourth-order valence-electron chi connectivity index (χ4n) is 3.84. The minimum Gasteiger partial charge on any atom is -0.480 e. The first-order valence-corrected chi connectivity index (χ1v) is 9.95. The maximum Gasteiger partial charge on any atom is 0.339 e. The predicted octanol–water partition coefficient (Wildman–Crippen LogP) is 3.46. The number of fused-ring (bicyclic) bond motifs is 3. The molecule has 1 aliphatic carbocycles. The topological polar surface area (TPSA) is 81.4 Å². The Morgan fingerprint density at radius 2 is 1.93 bits per heavy atom. The molecule has 2 heterocycles. The van der Waals surface area contributed by atoms with Crippen molar-refractivity contribution in [1.82, 2.24) is 10.3 Å². The zero-order valence-electron chi connectivity index (χ0n) is 16.7. The molecule has 1 aliphatic rings. The number of ether oxygens (including phenoxy) is 1. The van der Waals surface area contributed by atoms with Gasteiger partial charge in [0.2, 0.25) is 0 Å². The van der Waals surface area contributed by atoms with Gasteiger partial charge in [-0.05, 0) is 80.5 Å². The SMILES string of the molecule is Cc1cc(O[C@@H](C)C(=O)NCc2ccncc2)c2c3c(c(=O)oc2c1)CCCC3. The highest BCUT2D eigenvalue weighted by Crippen LogP contribution is 2.35. The Morgan fingerprint density at radius 1 is 1.21 bits per heavy atom. The predicted molar refractivity (Wildman–Crippen MR) is 110 cm³/mol. The van der Waals surface area contributed by atoms with Crippen molar-refractivity contribution in [2.75, 3.05) is 0 Å². The number of nitrogens with zero attached hydrogens (tertiary/aromatic N) is 1. The Morgan fingerprint density at radius 3 is 2.69 bits per heavy atom. The van der Waals surface area contributed by atoms with Crippen LogP contribution in [-0.2, 0) is 24.2 Å². The zero-order valence-corrected chi connectivity index (χ0v) is 16.7. The first-order chi connectivity index (χ1) is 14.0. The van der Waals surface area contributed by atoms with Crippen LogP contribution in [0.5, 0.6) is 5.75 Å². The number of pyridine rings is 1. The summed E-state index contributed by atoms with van der Waals surface area (Å²) in [6, 6.07) is 7.47. The number of carbonyl (C=O) groups excluding carboxylic acids is 1. The van der Waals surface area contributed by atoms with E-state index in [1.54, 1.807) is 19.3 Å². The number of hydrogen-bond donors (Lipinski definition) is 1. The van der Waals surface area contributed by atoms with Gasteiger partial charge in [-0.25, -0.2) is 4.79 Å². The number of hydrogen-bond acceptors (Lipinski definition) is 5. The summed E-state index contributed by atoms with van der Waals surface area (Å²) >= 11 is 0. The molecule has 1 amide bonds. The van der Waals surface area contributed by atoms with E-state index >= 15 is 0 Å². The quantitative estimate of drug-likeness (QED) is 0.673. The van der Waals surface area contributed by atoms with E-state index in [0.717, 1.165) is 53.3 Å². The molecule has 0 unspecified atom stereocenters. The van der Waals surface area contributed by atoms with E-state index in [2.05, 4.69) is 10.3 Å². The molecule has 3 aromatic rings. The molecule has 2 aromatic heterocycles. The smallest absolute Gasteiger partial charge is 0.339 e. The molecule has 1 N–H and O–H groups in total. The van der Waals surface area contributed by atoms with Crippen LogP contribution in [0.1, 0.15) is 42.0 Å². The fourth-order valence-corrected chi connectivity index (χ4v) is 3.84. The van der Waals surface area contributed by atoms with E-state index in [4.69, 9.17) is 9.15 Å². The highest BCUT2D eigenvalue weighted by Gasteiger charge is 2.23. The van der Waals surface area contributed by atoms with Gasteiger partial charge in [-0.3, -0.25) is 9.78 Å². The van der Waals surface area contributed by atoms with Gasteiger partial charge in [0, 0.05) is 24.5 Å². The second-order valence-corrected chi connectivity index (χ2v) is 7.52. The van der Waals surface area contributed by atoms with Gasteiger partial charge in [0.1, 0.15) is 11.3 Å². The summed E-state index contributed by atoms with van der Waals surface area (Å²) in [7, 11) is 0. The molecule has 0 radical (unpaired) electrons. The number of nitrogens with one attached hydrogen (secondary N) is 1. The van der Waals surface area contributed by atoms with Crippen molar-refractivity contribution in [1.29, 1.82) is 0 Å². The van der Waals surface area contributed by atoms with Crippen LogP contribution >= 0.6 is 0 Å². The molecular weight excluding hydrogens is 368 g/mol. The molecule has 6 heteroatoms. The first kappa shape index (κ1) is 19.2. The first-order valence-electron chi connectivity index (χ1n) is 9.95. The van der Waals surface area contributed by atoms with Gasteiger partial charge in [-0.15, -0.1) is 0 Å². The minimum atomic E-state index is -0.687. The molecule has 0 saturated carbocycles. The fraction of sp³-hybridized carbons (Fsp3) is 0.348. The van der Waals surface area contributed by atoms with Crippen LogP contribution in [0.15, 0.2) is 45.9 Å². The monoisotopic (exact) mass is 392 g/mol. The summed E-state index contributed by atoms with van der Waals surface area (Å²) in [6.45, 7) is 4.05. The Bertz CT molecular complexity index is 1110. The average Bonchev–Trinajstić information content (AvgIpc) is 2.72. The highest BCUT2D eigenvalue weighted by molar-refractivity contribution is 5.89. The molecule has 1 aromatic carbocycles. The van der Waals surface area contributed by atoms with E-state index in [0.29, 0.717) is 17.9 Å². The van der Waals surface area contributed by atoms with Gasteiger partial charge in [0.25, 0.3) is 5.91 Å². The van der Waals surface area contributed by atoms with Gasteiger partial charge in [0.15, 0.2) is 6.10 Å². The molecule has 0 spiro atoms. The van der Waals surface area contributed by atoms with Crippen LogP contribution in [0.4, 0.5) is 0 Å². The maximum atomic E-state index is 12.6. The molecule has 0 bridgehead atoms. The van der Waals surface area contributed by atoms with Crippen molar-refractivity contribution in [3.05, 3.63) is 69.3 Å². The summed E-state index contributed by atoms with van der Waals surface area (Å²) < 4.78 is 11.7. The molecule has 0 fully saturated rings. The van der Waals surface area contributed by atoms with E-state index in [1.807, 2.05) is 31.2 Å². The van der Waals surface area contributed by atoms with Crippen molar-refractivity contribution in [3.63, 3.8) is 0 Å². The lowest BCUT2D eigenvalue weighted by atomic mass is 9.90. The van der Waals surface area contributed by atoms with Crippen LogP contribution in [-0.4, -0.2) is 17.0 Å². The lowest BCUT2D eigenvalue weighted by Crippen LogP contribution is -2.36. The third-order valence-corrected chi connectivity index (χ3v) is 5.32. The maximum absolute atomic E-state index is 12.6. The van der Waals surface area contributed by atoms with Crippen LogP contribution < -0.4 is 15.7 Å². The van der Waals surface area contributed by atoms with E-state index < -0.39 is 6.10 Å². The molecule has 0 aliphatic heterocycles. The third kappa shape index (κ3) is 4.01. The van der Waals surface area contributed by atoms with Crippen LogP contribution in [0, 0.1) is 6.92 Å². The summed E-state index contributed by atoms with van der Waals surface area (Å²) in [6.07, 6.45) is 6.25. The number of rotatable bonds is 5. The largest absolute Gasteiger partial charge is 0.480 e. The Hall–Kier alpha value is -3.15. The second kappa shape index (κ2) is 8.07. The van der Waals surface area contributed by atoms with Crippen LogP contribution in [0.2, 0.25) is 0 Å². The van der Waals surface area contributed by atoms with Crippen molar-refractivity contribution >= 4 is 16.9 Å². The van der Waals surface area contributed by atoms with Gasteiger partial charge in [-0.1, -0.05) is 0 Å². The van der Waals surface area contributed by atoms with E-state index in [1.165, 1.54) is 0 Å². The van der Waals surface area contributed by atoms with Crippen LogP contribution in [0.25, 0.3) is 11.0 Å². The minimum absolute atomic E-state index is 0.206. The Kier molecular flexibility index (Phi) is 5.34. The number of aryl methyl sites for hydroxylation is 2. The van der Waals surface area contributed by atoms with Crippen molar-refractivity contribution < 1.29 is 13.9 Å². The molecule has 1 atom stereocenters.